The van der Waals surface area contributed by atoms with Gasteiger partial charge in [-0.25, -0.2) is 4.79 Å². The van der Waals surface area contributed by atoms with Gasteiger partial charge in [-0.1, -0.05) is 13.8 Å². The molecule has 1 heterocycles. The van der Waals surface area contributed by atoms with E-state index >= 15 is 0 Å². The monoisotopic (exact) mass is 208 g/mol. The summed E-state index contributed by atoms with van der Waals surface area (Å²) < 4.78 is 15.3. The number of hydrogen-bond donors (Lipinski definition) is 0. The van der Waals surface area contributed by atoms with Crippen molar-refractivity contribution in [2.75, 3.05) is 13.2 Å². The summed E-state index contributed by atoms with van der Waals surface area (Å²) >= 11 is 5.04. The molecule has 1 saturated heterocycles. The van der Waals surface area contributed by atoms with E-state index in [0.717, 1.165) is 0 Å². The molecule has 0 unspecified atom stereocenters. The van der Waals surface area contributed by atoms with E-state index in [1.54, 1.807) is 0 Å². The number of hydrogen-bond acceptors (Lipinski definition) is 4. The normalized spacial score (nSPS) is 28.9. The van der Waals surface area contributed by atoms with E-state index < -0.39 is 5.43 Å². The van der Waals surface area contributed by atoms with Gasteiger partial charge in [0.15, 0.2) is 6.29 Å². The van der Waals surface area contributed by atoms with E-state index in [4.69, 9.17) is 25.8 Å². The predicted molar refractivity (Wildman–Crippen MR) is 46.7 cm³/mol. The number of halogens is 1. The molecule has 0 spiro atoms. The third-order valence-electron chi connectivity index (χ3n) is 1.70. The first kappa shape index (κ1) is 10.8. The Morgan fingerprint density at radius 2 is 2.00 bits per heavy atom. The highest BCUT2D eigenvalue weighted by atomic mass is 35.5. The van der Waals surface area contributed by atoms with Crippen molar-refractivity contribution in [3.8, 4) is 0 Å². The largest absolute Gasteiger partial charge is 0.445 e. The fourth-order valence-electron chi connectivity index (χ4n) is 1.08. The van der Waals surface area contributed by atoms with E-state index in [1.165, 1.54) is 0 Å². The smallest absolute Gasteiger partial charge is 0.404 e. The van der Waals surface area contributed by atoms with Crippen LogP contribution in [0.3, 0.4) is 0 Å². The molecule has 0 aromatic heterocycles. The fourth-order valence-corrected chi connectivity index (χ4v) is 1.21. The molecule has 0 aromatic carbocycles. The maximum absolute atomic E-state index is 10.4. The van der Waals surface area contributed by atoms with Crippen LogP contribution in [-0.4, -0.2) is 31.0 Å². The van der Waals surface area contributed by atoms with Gasteiger partial charge in [0.25, 0.3) is 0 Å². The average Bonchev–Trinajstić information content (AvgIpc) is 2.04. The van der Waals surface area contributed by atoms with Gasteiger partial charge in [0, 0.05) is 17.5 Å². The van der Waals surface area contributed by atoms with Crippen LogP contribution < -0.4 is 0 Å². The van der Waals surface area contributed by atoms with Crippen molar-refractivity contribution in [1.82, 2.24) is 0 Å². The van der Waals surface area contributed by atoms with E-state index in [2.05, 4.69) is 0 Å². The third kappa shape index (κ3) is 3.50. The molecule has 13 heavy (non-hydrogen) atoms. The van der Waals surface area contributed by atoms with Crippen molar-refractivity contribution in [3.63, 3.8) is 0 Å². The zero-order valence-electron chi connectivity index (χ0n) is 7.66. The molecule has 4 nitrogen and oxygen atoms in total. The van der Waals surface area contributed by atoms with Gasteiger partial charge in [-0.3, -0.25) is 0 Å². The van der Waals surface area contributed by atoms with Crippen LogP contribution in [0, 0.1) is 5.92 Å². The lowest BCUT2D eigenvalue weighted by atomic mass is 10.2. The second-order valence-corrected chi connectivity index (χ2v) is 3.57. The summed E-state index contributed by atoms with van der Waals surface area (Å²) in [5.74, 6) is 0.299. The molecular weight excluding hydrogens is 196 g/mol. The Labute approximate surface area is 82.1 Å². The van der Waals surface area contributed by atoms with Gasteiger partial charge in [-0.05, 0) is 0 Å². The van der Waals surface area contributed by atoms with Crippen molar-refractivity contribution in [2.24, 2.45) is 5.92 Å². The van der Waals surface area contributed by atoms with Gasteiger partial charge in [0.05, 0.1) is 13.2 Å². The van der Waals surface area contributed by atoms with Crippen LogP contribution in [0.1, 0.15) is 13.8 Å². The minimum atomic E-state index is -0.819. The molecule has 0 saturated carbocycles. The summed E-state index contributed by atoms with van der Waals surface area (Å²) in [5, 5.41) is 0. The van der Waals surface area contributed by atoms with Gasteiger partial charge < -0.3 is 14.2 Å². The summed E-state index contributed by atoms with van der Waals surface area (Å²) in [6.07, 6.45) is -0.578. The van der Waals surface area contributed by atoms with Crippen molar-refractivity contribution in [1.29, 1.82) is 0 Å². The number of ether oxygens (including phenoxy) is 3. The zero-order valence-corrected chi connectivity index (χ0v) is 8.41. The first-order valence-corrected chi connectivity index (χ1v) is 4.56. The van der Waals surface area contributed by atoms with Crippen molar-refractivity contribution < 1.29 is 19.0 Å². The molecule has 0 radical (unpaired) electrons. The lowest BCUT2D eigenvalue weighted by molar-refractivity contribution is -0.231. The summed E-state index contributed by atoms with van der Waals surface area (Å²) in [7, 11) is 0. The van der Waals surface area contributed by atoms with E-state index in [-0.39, 0.29) is 12.4 Å². The predicted octanol–water partition coefficient (Wildman–Crippen LogP) is 1.76. The standard InChI is InChI=1S/C8H13ClO4/c1-5(2)7-11-3-6(4-12-7)13-8(9)10/h5-7H,3-4H2,1-2H3. The molecule has 0 atom stereocenters. The molecule has 0 aromatic rings. The van der Waals surface area contributed by atoms with E-state index in [0.29, 0.717) is 19.1 Å². The van der Waals surface area contributed by atoms with Crippen LogP contribution >= 0.6 is 11.6 Å². The van der Waals surface area contributed by atoms with Crippen LogP contribution in [0.25, 0.3) is 0 Å². The second kappa shape index (κ2) is 4.79. The SMILES string of the molecule is CC(C)C1OCC(OC(=O)Cl)CO1. The van der Waals surface area contributed by atoms with Crippen molar-refractivity contribution >= 4 is 17.0 Å². The van der Waals surface area contributed by atoms with Crippen LogP contribution in [0.15, 0.2) is 0 Å². The van der Waals surface area contributed by atoms with Gasteiger partial charge in [0.1, 0.15) is 6.10 Å². The third-order valence-corrected chi connectivity index (χ3v) is 1.79. The van der Waals surface area contributed by atoms with E-state index in [9.17, 15) is 4.79 Å². The van der Waals surface area contributed by atoms with Crippen LogP contribution in [0.2, 0.25) is 0 Å². The first-order chi connectivity index (χ1) is 6.09. The topological polar surface area (TPSA) is 44.8 Å². The maximum Gasteiger partial charge on any atom is 0.404 e. The van der Waals surface area contributed by atoms with Crippen molar-refractivity contribution in [3.05, 3.63) is 0 Å². The maximum atomic E-state index is 10.4. The number of carbonyl (C=O) groups excluding carboxylic acids is 1. The van der Waals surface area contributed by atoms with Crippen LogP contribution in [-0.2, 0) is 14.2 Å². The van der Waals surface area contributed by atoms with Crippen LogP contribution in [0.5, 0.6) is 0 Å². The van der Waals surface area contributed by atoms with Gasteiger partial charge >= 0.3 is 5.43 Å². The molecule has 1 aliphatic rings. The minimum Gasteiger partial charge on any atom is -0.445 e. The van der Waals surface area contributed by atoms with Gasteiger partial charge in [-0.2, -0.15) is 0 Å². The summed E-state index contributed by atoms with van der Waals surface area (Å²) in [6, 6.07) is 0. The quantitative estimate of drug-likeness (QED) is 0.649. The Morgan fingerprint density at radius 3 is 2.38 bits per heavy atom. The summed E-state index contributed by atoms with van der Waals surface area (Å²) in [5.41, 5.74) is -0.819. The molecular formula is C8H13ClO4. The van der Waals surface area contributed by atoms with Gasteiger partial charge in [-0.15, -0.1) is 0 Å². The second-order valence-electron chi connectivity index (χ2n) is 3.26. The highest BCUT2D eigenvalue weighted by molar-refractivity contribution is 6.61. The number of carbonyl (C=O) groups is 1. The minimum absolute atomic E-state index is 0.203. The highest BCUT2D eigenvalue weighted by Crippen LogP contribution is 2.15. The Hall–Kier alpha value is -0.320. The zero-order chi connectivity index (χ0) is 9.84. The number of rotatable bonds is 2. The van der Waals surface area contributed by atoms with Crippen molar-refractivity contribution in [2.45, 2.75) is 26.2 Å². The lowest BCUT2D eigenvalue weighted by Crippen LogP contribution is -2.40. The highest BCUT2D eigenvalue weighted by Gasteiger charge is 2.26. The lowest BCUT2D eigenvalue weighted by Gasteiger charge is -2.30. The first-order valence-electron chi connectivity index (χ1n) is 4.19. The fraction of sp³-hybridized carbons (Fsp3) is 0.875. The molecule has 1 aliphatic heterocycles. The Bertz CT molecular complexity index is 175. The average molecular weight is 209 g/mol. The summed E-state index contributed by atoms with van der Waals surface area (Å²) in [4.78, 5) is 10.4. The molecule has 0 bridgehead atoms. The Morgan fingerprint density at radius 1 is 1.46 bits per heavy atom. The Kier molecular flexibility index (Phi) is 3.96. The molecule has 0 aliphatic carbocycles. The molecule has 0 amide bonds. The molecule has 0 N–H and O–H groups in total. The summed E-state index contributed by atoms with van der Waals surface area (Å²) in [6.45, 7) is 4.69. The molecule has 76 valence electrons. The van der Waals surface area contributed by atoms with Crippen LogP contribution in [0.4, 0.5) is 4.79 Å². The molecule has 1 fully saturated rings. The van der Waals surface area contributed by atoms with Gasteiger partial charge in [0.2, 0.25) is 0 Å². The molecule has 5 heteroatoms. The molecule has 1 rings (SSSR count). The Balaban J connectivity index is 2.26. The van der Waals surface area contributed by atoms with E-state index in [1.807, 2.05) is 13.8 Å².